The van der Waals surface area contributed by atoms with E-state index in [2.05, 4.69) is 30.7 Å². The van der Waals surface area contributed by atoms with Gasteiger partial charge in [0.1, 0.15) is 5.69 Å². The summed E-state index contributed by atoms with van der Waals surface area (Å²) in [5.74, 6) is 0.522. The van der Waals surface area contributed by atoms with Crippen LogP contribution in [0.1, 0.15) is 12.6 Å². The molecule has 3 aromatic rings. The highest BCUT2D eigenvalue weighted by Gasteiger charge is 2.13. The Kier molecular flexibility index (Phi) is 4.65. The monoisotopic (exact) mass is 335 g/mol. The predicted molar refractivity (Wildman–Crippen MR) is 92.0 cm³/mol. The molecule has 0 fully saturated rings. The SMILES string of the molecule is C/C(=N/Nc1ncccc1[N+](=O)[O-])c1cnnc(-c2ccccc2)n1. The van der Waals surface area contributed by atoms with Crippen molar-refractivity contribution in [3.63, 3.8) is 0 Å². The number of hydrogen-bond donors (Lipinski definition) is 1. The number of hydrogen-bond acceptors (Lipinski definition) is 8. The van der Waals surface area contributed by atoms with Crippen LogP contribution in [0.5, 0.6) is 0 Å². The van der Waals surface area contributed by atoms with Crippen molar-refractivity contribution in [2.24, 2.45) is 5.10 Å². The molecule has 25 heavy (non-hydrogen) atoms. The fourth-order valence-corrected chi connectivity index (χ4v) is 2.01. The van der Waals surface area contributed by atoms with Gasteiger partial charge in [-0.05, 0) is 13.0 Å². The summed E-state index contributed by atoms with van der Waals surface area (Å²) < 4.78 is 0. The van der Waals surface area contributed by atoms with Crippen LogP contribution in [-0.4, -0.2) is 30.8 Å². The molecule has 0 unspecified atom stereocenters. The van der Waals surface area contributed by atoms with Gasteiger partial charge in [-0.25, -0.2) is 9.97 Å². The molecule has 0 amide bonds. The van der Waals surface area contributed by atoms with Gasteiger partial charge in [0, 0.05) is 17.8 Å². The van der Waals surface area contributed by atoms with Gasteiger partial charge >= 0.3 is 5.69 Å². The molecule has 0 spiro atoms. The van der Waals surface area contributed by atoms with Crippen molar-refractivity contribution in [1.82, 2.24) is 20.2 Å². The Morgan fingerprint density at radius 1 is 1.20 bits per heavy atom. The van der Waals surface area contributed by atoms with Crippen molar-refractivity contribution in [3.05, 3.63) is 70.7 Å². The van der Waals surface area contributed by atoms with E-state index in [9.17, 15) is 10.1 Å². The summed E-state index contributed by atoms with van der Waals surface area (Å²) in [5.41, 5.74) is 4.26. The molecule has 1 N–H and O–H groups in total. The molecule has 0 aliphatic heterocycles. The number of nitro groups is 1. The summed E-state index contributed by atoms with van der Waals surface area (Å²) in [6.07, 6.45) is 2.92. The third kappa shape index (κ3) is 3.78. The lowest BCUT2D eigenvalue weighted by molar-refractivity contribution is -0.384. The lowest BCUT2D eigenvalue weighted by Crippen LogP contribution is -2.07. The number of nitrogens with zero attached hydrogens (tertiary/aromatic N) is 6. The van der Waals surface area contributed by atoms with E-state index in [-0.39, 0.29) is 11.5 Å². The van der Waals surface area contributed by atoms with E-state index in [0.29, 0.717) is 17.2 Å². The number of benzene rings is 1. The lowest BCUT2D eigenvalue weighted by atomic mass is 10.2. The van der Waals surface area contributed by atoms with Gasteiger partial charge < -0.3 is 0 Å². The van der Waals surface area contributed by atoms with Crippen LogP contribution in [0.15, 0.2) is 60.0 Å². The Bertz CT molecular complexity index is 929. The van der Waals surface area contributed by atoms with Crippen LogP contribution in [0.25, 0.3) is 11.4 Å². The van der Waals surface area contributed by atoms with E-state index in [1.54, 1.807) is 6.92 Å². The second-order valence-electron chi connectivity index (χ2n) is 4.97. The molecule has 3 rings (SSSR count). The zero-order valence-electron chi connectivity index (χ0n) is 13.2. The first-order valence-electron chi connectivity index (χ1n) is 7.30. The largest absolute Gasteiger partial charge is 0.313 e. The van der Waals surface area contributed by atoms with Gasteiger partial charge in [-0.2, -0.15) is 10.2 Å². The number of nitrogens with one attached hydrogen (secondary N) is 1. The number of anilines is 1. The van der Waals surface area contributed by atoms with E-state index >= 15 is 0 Å². The predicted octanol–water partition coefficient (Wildman–Crippen LogP) is 2.68. The molecule has 0 saturated carbocycles. The number of pyridine rings is 1. The van der Waals surface area contributed by atoms with Crippen LogP contribution in [0.2, 0.25) is 0 Å². The van der Waals surface area contributed by atoms with E-state index in [0.717, 1.165) is 5.56 Å². The number of aromatic nitrogens is 4. The maximum Gasteiger partial charge on any atom is 0.313 e. The fourth-order valence-electron chi connectivity index (χ4n) is 2.01. The summed E-state index contributed by atoms with van der Waals surface area (Å²) in [6.45, 7) is 1.71. The van der Waals surface area contributed by atoms with Crippen LogP contribution in [-0.2, 0) is 0 Å². The van der Waals surface area contributed by atoms with Crippen molar-refractivity contribution < 1.29 is 4.92 Å². The van der Waals surface area contributed by atoms with Crippen molar-refractivity contribution in [1.29, 1.82) is 0 Å². The standard InChI is InChI=1S/C16H13N7O2/c1-11(20-22-16-14(23(24)25)8-5-9-17-16)13-10-18-21-15(19-13)12-6-3-2-4-7-12/h2-10H,1H3,(H,17,22)/b20-11-. The first-order valence-corrected chi connectivity index (χ1v) is 7.30. The Morgan fingerprint density at radius 3 is 2.76 bits per heavy atom. The van der Waals surface area contributed by atoms with Crippen LogP contribution in [0.4, 0.5) is 11.5 Å². The van der Waals surface area contributed by atoms with Crippen molar-refractivity contribution in [2.75, 3.05) is 5.43 Å². The van der Waals surface area contributed by atoms with Gasteiger partial charge in [-0.1, -0.05) is 30.3 Å². The van der Waals surface area contributed by atoms with Gasteiger partial charge in [0.2, 0.25) is 5.82 Å². The molecule has 2 heterocycles. The quantitative estimate of drug-likeness (QED) is 0.432. The first-order chi connectivity index (χ1) is 12.1. The van der Waals surface area contributed by atoms with Crippen LogP contribution < -0.4 is 5.43 Å². The molecule has 0 atom stereocenters. The first kappa shape index (κ1) is 16.1. The summed E-state index contributed by atoms with van der Waals surface area (Å²) >= 11 is 0. The van der Waals surface area contributed by atoms with Crippen LogP contribution >= 0.6 is 0 Å². The minimum absolute atomic E-state index is 0.0529. The Labute approximate surface area is 142 Å². The van der Waals surface area contributed by atoms with Gasteiger partial charge in [0.05, 0.1) is 16.8 Å². The second kappa shape index (κ2) is 7.21. The third-order valence-corrected chi connectivity index (χ3v) is 3.27. The molecule has 0 aliphatic carbocycles. The van der Waals surface area contributed by atoms with Crippen molar-refractivity contribution in [2.45, 2.75) is 6.92 Å². The molecule has 0 saturated heterocycles. The average molecular weight is 335 g/mol. The fraction of sp³-hybridized carbons (Fsp3) is 0.0625. The molecular formula is C16H13N7O2. The highest BCUT2D eigenvalue weighted by molar-refractivity contribution is 5.97. The van der Waals surface area contributed by atoms with Crippen LogP contribution in [0.3, 0.4) is 0 Å². The molecule has 9 heteroatoms. The maximum absolute atomic E-state index is 11.0. The lowest BCUT2D eigenvalue weighted by Gasteiger charge is -2.04. The topological polar surface area (TPSA) is 119 Å². The van der Waals surface area contributed by atoms with Crippen molar-refractivity contribution in [3.8, 4) is 11.4 Å². The molecule has 9 nitrogen and oxygen atoms in total. The van der Waals surface area contributed by atoms with E-state index in [4.69, 9.17) is 0 Å². The van der Waals surface area contributed by atoms with Crippen LogP contribution in [0, 0.1) is 10.1 Å². The highest BCUT2D eigenvalue weighted by atomic mass is 16.6. The van der Waals surface area contributed by atoms with E-state index in [1.807, 2.05) is 30.3 Å². The normalized spacial score (nSPS) is 11.2. The molecule has 1 aromatic carbocycles. The summed E-state index contributed by atoms with van der Waals surface area (Å²) in [7, 11) is 0. The van der Waals surface area contributed by atoms with E-state index in [1.165, 1.54) is 24.5 Å². The zero-order chi connectivity index (χ0) is 17.6. The zero-order valence-corrected chi connectivity index (χ0v) is 13.2. The smallest absolute Gasteiger partial charge is 0.258 e. The van der Waals surface area contributed by atoms with Gasteiger partial charge in [-0.15, -0.1) is 5.10 Å². The molecule has 0 aliphatic rings. The summed E-state index contributed by atoms with van der Waals surface area (Å²) in [4.78, 5) is 18.8. The summed E-state index contributed by atoms with van der Waals surface area (Å²) in [6, 6.07) is 12.3. The highest BCUT2D eigenvalue weighted by Crippen LogP contribution is 2.20. The third-order valence-electron chi connectivity index (χ3n) is 3.27. The molecule has 0 radical (unpaired) electrons. The van der Waals surface area contributed by atoms with Crippen molar-refractivity contribution >= 4 is 17.2 Å². The molecule has 124 valence electrons. The number of hydrazone groups is 1. The van der Waals surface area contributed by atoms with E-state index < -0.39 is 4.92 Å². The Hall–Kier alpha value is -3.75. The molecular weight excluding hydrogens is 322 g/mol. The second-order valence-corrected chi connectivity index (χ2v) is 4.97. The maximum atomic E-state index is 11.0. The van der Waals surface area contributed by atoms with Gasteiger partial charge in [0.25, 0.3) is 0 Å². The Morgan fingerprint density at radius 2 is 2.00 bits per heavy atom. The minimum Gasteiger partial charge on any atom is -0.258 e. The number of rotatable bonds is 5. The average Bonchev–Trinajstić information content (AvgIpc) is 2.67. The Balaban J connectivity index is 1.85. The molecule has 2 aromatic heterocycles. The minimum atomic E-state index is -0.528. The molecule has 0 bridgehead atoms. The van der Waals surface area contributed by atoms with Gasteiger partial charge in [-0.3, -0.25) is 15.5 Å². The van der Waals surface area contributed by atoms with Gasteiger partial charge in [0.15, 0.2) is 5.82 Å². The summed E-state index contributed by atoms with van der Waals surface area (Å²) in [5, 5.41) is 23.0.